The SMILES string of the molecule is CC(C)(C)c1cccc(C2(N3C[C@H]([C@@H](N)Cc4ccc(Nc5cc(-c6ccccc6)ncn5)cc4)OC3=O)CC2)c1. The van der Waals surface area contributed by atoms with E-state index in [-0.39, 0.29) is 29.2 Å². The van der Waals surface area contributed by atoms with Crippen LogP contribution in [0.1, 0.15) is 50.3 Å². The van der Waals surface area contributed by atoms with Crippen molar-refractivity contribution in [1.82, 2.24) is 14.9 Å². The molecule has 3 aromatic carbocycles. The van der Waals surface area contributed by atoms with Crippen molar-refractivity contribution in [1.29, 1.82) is 0 Å². The fraction of sp³-hybridized carbons (Fsp3) is 0.324. The molecule has 2 aliphatic rings. The lowest BCUT2D eigenvalue weighted by molar-refractivity contribution is 0.116. The number of hydrogen-bond donors (Lipinski definition) is 2. The minimum absolute atomic E-state index is 0.0491. The summed E-state index contributed by atoms with van der Waals surface area (Å²) in [5.74, 6) is 0.725. The van der Waals surface area contributed by atoms with Gasteiger partial charge in [0.2, 0.25) is 0 Å². The summed E-state index contributed by atoms with van der Waals surface area (Å²) in [6, 6.07) is 28.5. The Labute approximate surface area is 241 Å². The van der Waals surface area contributed by atoms with E-state index in [2.05, 4.69) is 72.5 Å². The number of hydrogen-bond acceptors (Lipinski definition) is 6. The number of aromatic nitrogens is 2. The highest BCUT2D eigenvalue weighted by atomic mass is 16.6. The van der Waals surface area contributed by atoms with Crippen molar-refractivity contribution in [2.75, 3.05) is 11.9 Å². The van der Waals surface area contributed by atoms with Crippen LogP contribution >= 0.6 is 0 Å². The van der Waals surface area contributed by atoms with E-state index < -0.39 is 0 Å². The van der Waals surface area contributed by atoms with Crippen LogP contribution in [0.15, 0.2) is 91.3 Å². The lowest BCUT2D eigenvalue weighted by Crippen LogP contribution is -2.41. The largest absolute Gasteiger partial charge is 0.443 e. The molecule has 1 saturated heterocycles. The van der Waals surface area contributed by atoms with Crippen molar-refractivity contribution in [3.63, 3.8) is 0 Å². The molecule has 1 aliphatic carbocycles. The topological polar surface area (TPSA) is 93.4 Å². The van der Waals surface area contributed by atoms with Gasteiger partial charge in [0.25, 0.3) is 0 Å². The third-order valence-electron chi connectivity index (χ3n) is 8.25. The van der Waals surface area contributed by atoms with E-state index in [1.165, 1.54) is 11.1 Å². The minimum atomic E-state index is -0.346. The molecular weight excluding hydrogens is 510 g/mol. The summed E-state index contributed by atoms with van der Waals surface area (Å²) >= 11 is 0. The smallest absolute Gasteiger partial charge is 0.411 e. The third-order valence-corrected chi connectivity index (χ3v) is 8.25. The molecule has 2 fully saturated rings. The molecule has 2 atom stereocenters. The number of ether oxygens (including phenoxy) is 1. The number of carbonyl (C=O) groups is 1. The molecule has 0 bridgehead atoms. The summed E-state index contributed by atoms with van der Waals surface area (Å²) in [7, 11) is 0. The summed E-state index contributed by atoms with van der Waals surface area (Å²) in [4.78, 5) is 23.7. The highest BCUT2D eigenvalue weighted by molar-refractivity contribution is 5.72. The number of carbonyl (C=O) groups excluding carboxylic acids is 1. The van der Waals surface area contributed by atoms with Gasteiger partial charge in [-0.2, -0.15) is 0 Å². The maximum Gasteiger partial charge on any atom is 0.411 e. The maximum absolute atomic E-state index is 13.0. The number of benzene rings is 3. The van der Waals surface area contributed by atoms with E-state index in [0.717, 1.165) is 41.2 Å². The Bertz CT molecular complexity index is 1530. The van der Waals surface area contributed by atoms with Crippen LogP contribution < -0.4 is 11.1 Å². The van der Waals surface area contributed by atoms with Crippen LogP contribution in [0.4, 0.5) is 16.3 Å². The quantitative estimate of drug-likeness (QED) is 0.259. The molecule has 2 heterocycles. The maximum atomic E-state index is 13.0. The second-order valence-electron chi connectivity index (χ2n) is 12.2. The van der Waals surface area contributed by atoms with Gasteiger partial charge in [-0.3, -0.25) is 4.90 Å². The summed E-state index contributed by atoms with van der Waals surface area (Å²) in [5, 5.41) is 3.36. The van der Waals surface area contributed by atoms with Gasteiger partial charge in [0.05, 0.1) is 17.8 Å². The third kappa shape index (κ3) is 5.68. The van der Waals surface area contributed by atoms with Gasteiger partial charge >= 0.3 is 6.09 Å². The van der Waals surface area contributed by atoms with Gasteiger partial charge in [0, 0.05) is 23.4 Å². The van der Waals surface area contributed by atoms with Crippen LogP contribution in [0.2, 0.25) is 0 Å². The molecule has 1 aliphatic heterocycles. The van der Waals surface area contributed by atoms with Gasteiger partial charge in [-0.25, -0.2) is 14.8 Å². The van der Waals surface area contributed by atoms with Crippen LogP contribution in [0.5, 0.6) is 0 Å². The second-order valence-corrected chi connectivity index (χ2v) is 12.2. The first kappa shape index (κ1) is 27.0. The Morgan fingerprint density at radius 3 is 2.46 bits per heavy atom. The Balaban J connectivity index is 1.09. The standard InChI is InChI=1S/C34H37N5O2/c1-33(2,3)25-10-7-11-26(19-25)34(16-17-34)39-21-30(41-32(39)40)28(35)18-23-12-14-27(15-13-23)38-31-20-29(36-22-37-31)24-8-5-4-6-9-24/h4-15,19-20,22,28,30H,16-18,21,35H2,1-3H3,(H,36,37,38)/t28-,30+/m0/s1. The van der Waals surface area contributed by atoms with Crippen molar-refractivity contribution in [3.8, 4) is 11.3 Å². The average Bonchev–Trinajstić information content (AvgIpc) is 3.69. The van der Waals surface area contributed by atoms with Gasteiger partial charge in [0.15, 0.2) is 0 Å². The predicted octanol–water partition coefficient (Wildman–Crippen LogP) is 6.56. The number of nitrogens with two attached hydrogens (primary N) is 1. The zero-order valence-electron chi connectivity index (χ0n) is 23.9. The van der Waals surface area contributed by atoms with Crippen LogP contribution in [0.25, 0.3) is 11.3 Å². The lowest BCUT2D eigenvalue weighted by Gasteiger charge is -2.28. The second kappa shape index (κ2) is 10.6. The molecule has 6 rings (SSSR count). The Kier molecular flexibility index (Phi) is 6.99. The number of cyclic esters (lactones) is 1. The minimum Gasteiger partial charge on any atom is -0.443 e. The van der Waals surface area contributed by atoms with Gasteiger partial charge in [-0.05, 0) is 53.5 Å². The molecular formula is C34H37N5O2. The highest BCUT2D eigenvalue weighted by Crippen LogP contribution is 2.53. The lowest BCUT2D eigenvalue weighted by atomic mass is 9.85. The van der Waals surface area contributed by atoms with E-state index in [0.29, 0.717) is 13.0 Å². The van der Waals surface area contributed by atoms with Crippen molar-refractivity contribution < 1.29 is 9.53 Å². The molecule has 1 amide bonds. The normalized spacial score (nSPS) is 18.6. The fourth-order valence-electron chi connectivity index (χ4n) is 5.63. The average molecular weight is 548 g/mol. The van der Waals surface area contributed by atoms with Crippen molar-refractivity contribution in [2.45, 2.75) is 63.1 Å². The van der Waals surface area contributed by atoms with Crippen molar-refractivity contribution >= 4 is 17.6 Å². The van der Waals surface area contributed by atoms with E-state index in [9.17, 15) is 4.79 Å². The molecule has 3 N–H and O–H groups in total. The van der Waals surface area contributed by atoms with E-state index >= 15 is 0 Å². The zero-order chi connectivity index (χ0) is 28.6. The first-order valence-electron chi connectivity index (χ1n) is 14.3. The van der Waals surface area contributed by atoms with E-state index in [4.69, 9.17) is 10.5 Å². The van der Waals surface area contributed by atoms with Crippen LogP contribution in [0.3, 0.4) is 0 Å². The Morgan fingerprint density at radius 1 is 1.00 bits per heavy atom. The van der Waals surface area contributed by atoms with Gasteiger partial charge in [-0.15, -0.1) is 0 Å². The number of amides is 1. The fourth-order valence-corrected chi connectivity index (χ4v) is 5.63. The summed E-state index contributed by atoms with van der Waals surface area (Å²) in [5.41, 5.74) is 12.8. The molecule has 4 aromatic rings. The highest BCUT2D eigenvalue weighted by Gasteiger charge is 2.56. The monoisotopic (exact) mass is 547 g/mol. The number of anilines is 2. The molecule has 7 heteroatoms. The molecule has 7 nitrogen and oxygen atoms in total. The summed E-state index contributed by atoms with van der Waals surface area (Å²) in [6.45, 7) is 7.15. The number of nitrogens with zero attached hydrogens (tertiary/aromatic N) is 3. The van der Waals surface area contributed by atoms with E-state index in [1.807, 2.05) is 53.4 Å². The molecule has 210 valence electrons. The molecule has 41 heavy (non-hydrogen) atoms. The molecule has 0 spiro atoms. The molecule has 1 aromatic heterocycles. The van der Waals surface area contributed by atoms with Crippen LogP contribution in [-0.4, -0.2) is 39.7 Å². The predicted molar refractivity (Wildman–Crippen MR) is 162 cm³/mol. The van der Waals surface area contributed by atoms with Crippen molar-refractivity contribution in [2.24, 2.45) is 5.73 Å². The number of nitrogens with one attached hydrogen (secondary N) is 1. The Morgan fingerprint density at radius 2 is 1.76 bits per heavy atom. The molecule has 0 unspecified atom stereocenters. The van der Waals surface area contributed by atoms with Gasteiger partial charge in [0.1, 0.15) is 18.2 Å². The van der Waals surface area contributed by atoms with Crippen molar-refractivity contribution in [3.05, 3.63) is 108 Å². The van der Waals surface area contributed by atoms with Crippen LogP contribution in [-0.2, 0) is 22.1 Å². The molecule has 0 radical (unpaired) electrons. The Hall–Kier alpha value is -4.23. The first-order valence-corrected chi connectivity index (χ1v) is 14.3. The summed E-state index contributed by atoms with van der Waals surface area (Å²) < 4.78 is 5.84. The first-order chi connectivity index (χ1) is 19.7. The van der Waals surface area contributed by atoms with Gasteiger partial charge in [-0.1, -0.05) is 87.5 Å². The van der Waals surface area contributed by atoms with E-state index in [1.54, 1.807) is 6.33 Å². The zero-order valence-corrected chi connectivity index (χ0v) is 23.9. The van der Waals surface area contributed by atoms with Gasteiger partial charge < -0.3 is 15.8 Å². The summed E-state index contributed by atoms with van der Waals surface area (Å²) in [6.07, 6.45) is 3.47. The number of rotatable bonds is 8. The van der Waals surface area contributed by atoms with Crippen LogP contribution in [0, 0.1) is 0 Å². The molecule has 1 saturated carbocycles.